The molecule has 0 atom stereocenters. The van der Waals surface area contributed by atoms with Gasteiger partial charge in [-0.1, -0.05) is 24.3 Å². The summed E-state index contributed by atoms with van der Waals surface area (Å²) in [5.74, 6) is -1.06. The smallest absolute Gasteiger partial charge is 0.336 e. The number of rotatable bonds is 5. The van der Waals surface area contributed by atoms with Crippen LogP contribution in [0.2, 0.25) is 0 Å². The fourth-order valence-corrected chi connectivity index (χ4v) is 4.35. The van der Waals surface area contributed by atoms with Gasteiger partial charge in [0, 0.05) is 15.9 Å². The van der Waals surface area contributed by atoms with E-state index in [1.54, 1.807) is 24.3 Å². The SMILES string of the molecule is CCOc1ccccc1N1C(=O)NC(=O)/C(=C\c2cc(C)n(-c3ccccc3Br)c2C)C1=O. The van der Waals surface area contributed by atoms with E-state index in [0.717, 1.165) is 26.4 Å². The fourth-order valence-electron chi connectivity index (χ4n) is 3.89. The number of aromatic nitrogens is 1. The Balaban J connectivity index is 1.78. The molecule has 1 aliphatic heterocycles. The van der Waals surface area contributed by atoms with E-state index in [2.05, 4.69) is 21.2 Å². The topological polar surface area (TPSA) is 80.6 Å². The lowest BCUT2D eigenvalue weighted by atomic mass is 10.1. The molecule has 33 heavy (non-hydrogen) atoms. The Labute approximate surface area is 199 Å². The van der Waals surface area contributed by atoms with Crippen LogP contribution in [-0.4, -0.2) is 29.0 Å². The summed E-state index contributed by atoms with van der Waals surface area (Å²) in [4.78, 5) is 39.5. The van der Waals surface area contributed by atoms with Gasteiger partial charge >= 0.3 is 6.03 Å². The monoisotopic (exact) mass is 507 g/mol. The molecule has 4 amide bonds. The van der Waals surface area contributed by atoms with E-state index < -0.39 is 17.8 Å². The third-order valence-electron chi connectivity index (χ3n) is 5.37. The average Bonchev–Trinajstić information content (AvgIpc) is 3.05. The van der Waals surface area contributed by atoms with Gasteiger partial charge in [-0.25, -0.2) is 9.69 Å². The molecule has 1 fully saturated rings. The van der Waals surface area contributed by atoms with Crippen molar-refractivity contribution in [1.82, 2.24) is 9.88 Å². The molecule has 0 radical (unpaired) electrons. The van der Waals surface area contributed by atoms with Crippen molar-refractivity contribution in [2.75, 3.05) is 11.5 Å². The highest BCUT2D eigenvalue weighted by molar-refractivity contribution is 9.10. The number of hydrogen-bond donors (Lipinski definition) is 1. The molecule has 8 heteroatoms. The molecule has 0 unspecified atom stereocenters. The molecule has 1 N–H and O–H groups in total. The number of halogens is 1. The van der Waals surface area contributed by atoms with Crippen LogP contribution < -0.4 is 15.0 Å². The number of amides is 4. The summed E-state index contributed by atoms with van der Waals surface area (Å²) in [5, 5.41) is 2.27. The van der Waals surface area contributed by atoms with Crippen LogP contribution in [0.15, 0.2) is 64.6 Å². The normalized spacial score (nSPS) is 15.2. The zero-order chi connectivity index (χ0) is 23.7. The minimum Gasteiger partial charge on any atom is -0.492 e. The molecule has 1 aromatic heterocycles. The number of aryl methyl sites for hydroxylation is 1. The molecule has 0 aliphatic carbocycles. The summed E-state index contributed by atoms with van der Waals surface area (Å²) in [5.41, 5.74) is 3.58. The predicted molar refractivity (Wildman–Crippen MR) is 130 cm³/mol. The van der Waals surface area contributed by atoms with Gasteiger partial charge in [-0.2, -0.15) is 0 Å². The summed E-state index contributed by atoms with van der Waals surface area (Å²) in [6, 6.07) is 15.6. The second-order valence-electron chi connectivity index (χ2n) is 7.47. The Hall–Kier alpha value is -3.65. The number of nitrogens with one attached hydrogen (secondary N) is 1. The summed E-state index contributed by atoms with van der Waals surface area (Å²) >= 11 is 3.58. The first-order valence-electron chi connectivity index (χ1n) is 10.4. The minimum absolute atomic E-state index is 0.131. The number of anilines is 1. The number of carbonyl (C=O) groups excluding carboxylic acids is 3. The number of ether oxygens (including phenoxy) is 1. The highest BCUT2D eigenvalue weighted by Crippen LogP contribution is 2.32. The van der Waals surface area contributed by atoms with Gasteiger partial charge in [-0.15, -0.1) is 0 Å². The molecule has 0 spiro atoms. The third kappa shape index (κ3) is 4.09. The quantitative estimate of drug-likeness (QED) is 0.392. The lowest BCUT2D eigenvalue weighted by molar-refractivity contribution is -0.122. The van der Waals surface area contributed by atoms with Crippen molar-refractivity contribution in [3.8, 4) is 11.4 Å². The number of para-hydroxylation sites is 3. The van der Waals surface area contributed by atoms with Crippen molar-refractivity contribution in [2.24, 2.45) is 0 Å². The number of nitrogens with zero attached hydrogens (tertiary/aromatic N) is 2. The zero-order valence-electron chi connectivity index (χ0n) is 18.4. The van der Waals surface area contributed by atoms with Crippen LogP contribution in [0.5, 0.6) is 5.75 Å². The molecular formula is C25H22BrN3O4. The second-order valence-corrected chi connectivity index (χ2v) is 8.33. The van der Waals surface area contributed by atoms with Crippen LogP contribution in [0.4, 0.5) is 10.5 Å². The molecule has 4 rings (SSSR count). The van der Waals surface area contributed by atoms with Crippen molar-refractivity contribution in [3.05, 3.63) is 81.6 Å². The molecular weight excluding hydrogens is 486 g/mol. The van der Waals surface area contributed by atoms with Crippen molar-refractivity contribution < 1.29 is 19.1 Å². The first kappa shape index (κ1) is 22.5. The molecule has 0 bridgehead atoms. The van der Waals surface area contributed by atoms with E-state index in [-0.39, 0.29) is 11.3 Å². The van der Waals surface area contributed by atoms with E-state index in [1.165, 1.54) is 6.08 Å². The predicted octanol–water partition coefficient (Wildman–Crippen LogP) is 4.92. The maximum Gasteiger partial charge on any atom is 0.336 e. The van der Waals surface area contributed by atoms with Crippen LogP contribution >= 0.6 is 15.9 Å². The molecule has 3 aromatic rings. The van der Waals surface area contributed by atoms with Gasteiger partial charge in [0.2, 0.25) is 0 Å². The van der Waals surface area contributed by atoms with Gasteiger partial charge in [0.25, 0.3) is 11.8 Å². The van der Waals surface area contributed by atoms with Gasteiger partial charge in [-0.3, -0.25) is 14.9 Å². The maximum atomic E-state index is 13.3. The van der Waals surface area contributed by atoms with E-state index in [0.29, 0.717) is 17.9 Å². The standard InChI is InChI=1S/C25H22BrN3O4/c1-4-33-22-12-8-7-11-21(22)29-24(31)18(23(30)27-25(29)32)14-17-13-15(2)28(16(17)3)20-10-6-5-9-19(20)26/h5-14H,4H2,1-3H3,(H,27,30,32)/b18-14+. The molecule has 0 saturated carbocycles. The molecule has 168 valence electrons. The number of urea groups is 1. The Morgan fingerprint density at radius 1 is 1.00 bits per heavy atom. The van der Waals surface area contributed by atoms with Gasteiger partial charge in [0.1, 0.15) is 11.3 Å². The lowest BCUT2D eigenvalue weighted by Crippen LogP contribution is -2.54. The Kier molecular flexibility index (Phi) is 6.20. The second kappa shape index (κ2) is 9.07. The van der Waals surface area contributed by atoms with Crippen LogP contribution in [0.1, 0.15) is 23.9 Å². The Morgan fingerprint density at radius 2 is 1.67 bits per heavy atom. The molecule has 1 saturated heterocycles. The van der Waals surface area contributed by atoms with E-state index >= 15 is 0 Å². The highest BCUT2D eigenvalue weighted by Gasteiger charge is 2.38. The number of carbonyl (C=O) groups is 3. The number of benzene rings is 2. The summed E-state index contributed by atoms with van der Waals surface area (Å²) in [7, 11) is 0. The summed E-state index contributed by atoms with van der Waals surface area (Å²) < 4.78 is 8.53. The average molecular weight is 508 g/mol. The molecule has 1 aliphatic rings. The minimum atomic E-state index is -0.812. The van der Waals surface area contributed by atoms with Crippen molar-refractivity contribution in [2.45, 2.75) is 20.8 Å². The van der Waals surface area contributed by atoms with E-state index in [1.807, 2.05) is 55.7 Å². The van der Waals surface area contributed by atoms with Crippen LogP contribution in [0.3, 0.4) is 0 Å². The van der Waals surface area contributed by atoms with Gasteiger partial charge in [0.15, 0.2) is 0 Å². The van der Waals surface area contributed by atoms with Gasteiger partial charge in [-0.05, 0) is 78.7 Å². The van der Waals surface area contributed by atoms with Crippen molar-refractivity contribution in [1.29, 1.82) is 0 Å². The lowest BCUT2D eigenvalue weighted by Gasteiger charge is -2.27. The number of hydrogen-bond acceptors (Lipinski definition) is 4. The zero-order valence-corrected chi connectivity index (χ0v) is 20.0. The largest absolute Gasteiger partial charge is 0.492 e. The van der Waals surface area contributed by atoms with Gasteiger partial charge in [0.05, 0.1) is 18.0 Å². The van der Waals surface area contributed by atoms with Crippen molar-refractivity contribution >= 4 is 45.5 Å². The van der Waals surface area contributed by atoms with Crippen molar-refractivity contribution in [3.63, 3.8) is 0 Å². The van der Waals surface area contributed by atoms with Crippen LogP contribution in [0, 0.1) is 13.8 Å². The first-order chi connectivity index (χ1) is 15.8. The Bertz CT molecular complexity index is 1310. The maximum absolute atomic E-state index is 13.3. The Morgan fingerprint density at radius 3 is 2.36 bits per heavy atom. The molecule has 2 aromatic carbocycles. The third-order valence-corrected chi connectivity index (χ3v) is 6.04. The number of barbiturate groups is 1. The van der Waals surface area contributed by atoms with E-state index in [9.17, 15) is 14.4 Å². The molecule has 2 heterocycles. The highest BCUT2D eigenvalue weighted by atomic mass is 79.9. The fraction of sp³-hybridized carbons (Fsp3) is 0.160. The first-order valence-corrected chi connectivity index (χ1v) is 11.2. The number of imide groups is 2. The van der Waals surface area contributed by atoms with Crippen LogP contribution in [0.25, 0.3) is 11.8 Å². The summed E-state index contributed by atoms with van der Waals surface area (Å²) in [6.07, 6.45) is 1.52. The van der Waals surface area contributed by atoms with Crippen LogP contribution in [-0.2, 0) is 9.59 Å². The summed E-state index contributed by atoms with van der Waals surface area (Å²) in [6.45, 7) is 6.04. The molecule has 7 nitrogen and oxygen atoms in total. The van der Waals surface area contributed by atoms with E-state index in [4.69, 9.17) is 4.74 Å². The van der Waals surface area contributed by atoms with Gasteiger partial charge < -0.3 is 9.30 Å².